The first kappa shape index (κ1) is 17.0. The molecule has 1 aromatic heterocycles. The molecule has 0 radical (unpaired) electrons. The predicted molar refractivity (Wildman–Crippen MR) is 83.8 cm³/mol. The summed E-state index contributed by atoms with van der Waals surface area (Å²) in [6.07, 6.45) is 2.17. The van der Waals surface area contributed by atoms with Crippen LogP contribution in [0.2, 0.25) is 0 Å². The maximum atomic E-state index is 10.9. The highest BCUT2D eigenvalue weighted by atomic mass is 32.1. The predicted octanol–water partition coefficient (Wildman–Crippen LogP) is 2.35. The quantitative estimate of drug-likeness (QED) is 0.455. The van der Waals surface area contributed by atoms with Crippen molar-refractivity contribution in [3.05, 3.63) is 34.2 Å². The molecule has 1 aliphatic carbocycles. The van der Waals surface area contributed by atoms with Crippen molar-refractivity contribution in [1.29, 1.82) is 0 Å². The van der Waals surface area contributed by atoms with E-state index in [4.69, 9.17) is 5.11 Å². The van der Waals surface area contributed by atoms with Crippen LogP contribution in [0.3, 0.4) is 0 Å². The largest absolute Gasteiger partial charge is 0.512 e. The lowest BCUT2D eigenvalue weighted by Gasteiger charge is -2.21. The van der Waals surface area contributed by atoms with Crippen LogP contribution < -0.4 is 0 Å². The second kappa shape index (κ2) is 7.76. The number of carboxylic acids is 1. The lowest BCUT2D eigenvalue weighted by Crippen LogP contribution is -2.26. The minimum absolute atomic E-state index is 0.00137. The summed E-state index contributed by atoms with van der Waals surface area (Å²) in [6, 6.07) is 4.06. The van der Waals surface area contributed by atoms with Crippen molar-refractivity contribution in [2.75, 3.05) is 0 Å². The number of aliphatic hydroxyl groups is 3. The minimum Gasteiger partial charge on any atom is -0.512 e. The van der Waals surface area contributed by atoms with Gasteiger partial charge in [-0.2, -0.15) is 0 Å². The zero-order valence-corrected chi connectivity index (χ0v) is 13.1. The van der Waals surface area contributed by atoms with Crippen molar-refractivity contribution < 1.29 is 25.2 Å². The summed E-state index contributed by atoms with van der Waals surface area (Å²) < 4.78 is 0. The first-order valence-electron chi connectivity index (χ1n) is 7.48. The van der Waals surface area contributed by atoms with E-state index < -0.39 is 30.0 Å². The van der Waals surface area contributed by atoms with E-state index in [1.54, 1.807) is 17.4 Å². The smallest absolute Gasteiger partial charge is 0.303 e. The van der Waals surface area contributed by atoms with Crippen molar-refractivity contribution in [2.24, 2.45) is 11.8 Å². The number of aryl methyl sites for hydroxylation is 1. The van der Waals surface area contributed by atoms with E-state index in [0.29, 0.717) is 6.42 Å². The van der Waals surface area contributed by atoms with Gasteiger partial charge in [0.25, 0.3) is 0 Å². The third kappa shape index (κ3) is 4.32. The van der Waals surface area contributed by atoms with E-state index >= 15 is 0 Å². The van der Waals surface area contributed by atoms with Crippen LogP contribution in [0.15, 0.2) is 29.3 Å². The number of aliphatic hydroxyl groups excluding tert-OH is 3. The Labute approximate surface area is 133 Å². The minimum atomic E-state index is -1.03. The molecular formula is C16H22O5S. The van der Waals surface area contributed by atoms with E-state index in [-0.39, 0.29) is 18.6 Å². The molecule has 0 spiro atoms. The fourth-order valence-electron chi connectivity index (χ4n) is 3.09. The number of allylic oxidation sites excluding steroid dienone is 1. The number of carbonyl (C=O) groups is 1. The van der Waals surface area contributed by atoms with Crippen molar-refractivity contribution in [2.45, 2.75) is 44.3 Å². The van der Waals surface area contributed by atoms with Gasteiger partial charge in [-0.15, -0.1) is 11.3 Å². The van der Waals surface area contributed by atoms with Crippen LogP contribution in [0.25, 0.3) is 0 Å². The van der Waals surface area contributed by atoms with Gasteiger partial charge in [-0.3, -0.25) is 4.79 Å². The van der Waals surface area contributed by atoms with Crippen molar-refractivity contribution >= 4 is 17.3 Å². The Morgan fingerprint density at radius 2 is 2.09 bits per heavy atom. The molecule has 4 N–H and O–H groups in total. The van der Waals surface area contributed by atoms with Crippen LogP contribution in [0.1, 0.15) is 30.6 Å². The van der Waals surface area contributed by atoms with Gasteiger partial charge < -0.3 is 20.4 Å². The summed E-state index contributed by atoms with van der Waals surface area (Å²) >= 11 is 1.69. The molecule has 2 rings (SSSR count). The average Bonchev–Trinajstić information content (AvgIpc) is 3.03. The summed E-state index contributed by atoms with van der Waals surface area (Å²) in [4.78, 5) is 12.2. The Morgan fingerprint density at radius 1 is 1.32 bits per heavy atom. The Balaban J connectivity index is 1.91. The van der Waals surface area contributed by atoms with Gasteiger partial charge in [0, 0.05) is 23.1 Å². The van der Waals surface area contributed by atoms with Crippen LogP contribution in [-0.2, 0) is 11.2 Å². The lowest BCUT2D eigenvalue weighted by atomic mass is 9.88. The van der Waals surface area contributed by atoms with Crippen LogP contribution in [-0.4, -0.2) is 38.6 Å². The number of thiophene rings is 1. The number of unbranched alkanes of at least 4 members (excludes halogenated alkanes) is 1. The normalized spacial score (nSPS) is 28.9. The molecular weight excluding hydrogens is 304 g/mol. The Morgan fingerprint density at radius 3 is 2.73 bits per heavy atom. The van der Waals surface area contributed by atoms with E-state index in [9.17, 15) is 20.1 Å². The second-order valence-electron chi connectivity index (χ2n) is 5.76. The number of rotatable bonds is 7. The molecule has 1 aromatic rings. The zero-order valence-electron chi connectivity index (χ0n) is 12.3. The van der Waals surface area contributed by atoms with Crippen LogP contribution in [0, 0.1) is 11.8 Å². The number of hydrogen-bond donors (Lipinski definition) is 4. The van der Waals surface area contributed by atoms with E-state index in [2.05, 4.69) is 6.07 Å². The van der Waals surface area contributed by atoms with Gasteiger partial charge in [0.15, 0.2) is 0 Å². The van der Waals surface area contributed by atoms with Crippen molar-refractivity contribution in [3.63, 3.8) is 0 Å². The summed E-state index contributed by atoms with van der Waals surface area (Å²) in [5, 5.41) is 40.9. The number of carboxylic acid groups (broad SMARTS) is 1. The van der Waals surface area contributed by atoms with Crippen molar-refractivity contribution in [1.82, 2.24) is 0 Å². The van der Waals surface area contributed by atoms with Gasteiger partial charge in [-0.05, 0) is 36.8 Å². The first-order valence-corrected chi connectivity index (χ1v) is 8.36. The van der Waals surface area contributed by atoms with Crippen LogP contribution in [0.4, 0.5) is 0 Å². The topological polar surface area (TPSA) is 98.0 Å². The Hall–Kier alpha value is -1.37. The molecule has 0 amide bonds. The number of hydrogen-bond acceptors (Lipinski definition) is 5. The molecule has 4 atom stereocenters. The fourth-order valence-corrected chi connectivity index (χ4v) is 3.84. The van der Waals surface area contributed by atoms with E-state index in [0.717, 1.165) is 12.8 Å². The fraction of sp³-hybridized carbons (Fsp3) is 0.562. The lowest BCUT2D eigenvalue weighted by molar-refractivity contribution is -0.139. The molecule has 5 nitrogen and oxygen atoms in total. The van der Waals surface area contributed by atoms with Gasteiger partial charge in [0.2, 0.25) is 0 Å². The molecule has 22 heavy (non-hydrogen) atoms. The molecule has 122 valence electrons. The summed E-state index contributed by atoms with van der Waals surface area (Å²) in [5.41, 5.74) is 0. The van der Waals surface area contributed by atoms with Gasteiger partial charge in [0.05, 0.1) is 24.4 Å². The SMILES string of the molecule is O=C(O)C[C@@H]1[C@@H](C(O)=CCCCc2cccs2)[C@@H](O)C[C@@H]1O. The first-order chi connectivity index (χ1) is 10.5. The third-order valence-corrected chi connectivity index (χ3v) is 5.10. The van der Waals surface area contributed by atoms with Crippen LogP contribution in [0.5, 0.6) is 0 Å². The maximum absolute atomic E-state index is 10.9. The molecule has 1 saturated carbocycles. The summed E-state index contributed by atoms with van der Waals surface area (Å²) in [7, 11) is 0. The molecule has 0 aliphatic heterocycles. The molecule has 0 saturated heterocycles. The van der Waals surface area contributed by atoms with Crippen molar-refractivity contribution in [3.8, 4) is 0 Å². The highest BCUT2D eigenvalue weighted by Crippen LogP contribution is 2.38. The molecule has 6 heteroatoms. The highest BCUT2D eigenvalue weighted by Gasteiger charge is 2.44. The zero-order chi connectivity index (χ0) is 16.1. The van der Waals surface area contributed by atoms with E-state index in [1.807, 2.05) is 11.4 Å². The molecule has 0 bridgehead atoms. The van der Waals surface area contributed by atoms with Gasteiger partial charge >= 0.3 is 5.97 Å². The molecule has 1 fully saturated rings. The molecule has 0 aromatic carbocycles. The van der Waals surface area contributed by atoms with Crippen LogP contribution >= 0.6 is 11.3 Å². The molecule has 1 aliphatic rings. The Kier molecular flexibility index (Phi) is 5.99. The third-order valence-electron chi connectivity index (χ3n) is 4.17. The second-order valence-corrected chi connectivity index (χ2v) is 6.79. The highest BCUT2D eigenvalue weighted by molar-refractivity contribution is 7.09. The monoisotopic (exact) mass is 326 g/mol. The van der Waals surface area contributed by atoms with E-state index in [1.165, 1.54) is 4.88 Å². The summed E-state index contributed by atoms with van der Waals surface area (Å²) in [6.45, 7) is 0. The number of aliphatic carboxylic acids is 1. The maximum Gasteiger partial charge on any atom is 0.303 e. The van der Waals surface area contributed by atoms with Gasteiger partial charge in [-0.25, -0.2) is 0 Å². The summed E-state index contributed by atoms with van der Waals surface area (Å²) in [5.74, 6) is -2.36. The Bertz CT molecular complexity index is 511. The standard InChI is InChI=1S/C16H22O5S/c17-12(6-2-1-4-10-5-3-7-22-10)16-11(8-15(20)21)13(18)9-14(16)19/h3,5-7,11,13-14,16-19H,1-2,4,8-9H2,(H,20,21)/t11-,13-,14-,16-/m0/s1. The van der Waals surface area contributed by atoms with Gasteiger partial charge in [-0.1, -0.05) is 6.07 Å². The molecule has 1 heterocycles. The average molecular weight is 326 g/mol. The van der Waals surface area contributed by atoms with Gasteiger partial charge in [0.1, 0.15) is 0 Å². The molecule has 0 unspecified atom stereocenters.